The Labute approximate surface area is 82.2 Å². The van der Waals surface area contributed by atoms with E-state index in [1.54, 1.807) is 6.08 Å². The maximum atomic E-state index is 9.32. The topological polar surface area (TPSA) is 73.1 Å². The molecule has 0 aromatic carbocycles. The number of aromatic nitrogens is 1. The van der Waals surface area contributed by atoms with Gasteiger partial charge in [0.1, 0.15) is 5.70 Å². The number of hydrogen-bond donors (Lipinski definition) is 2. The number of aromatic amines is 1. The molecule has 0 bridgehead atoms. The van der Waals surface area contributed by atoms with Gasteiger partial charge in [-0.1, -0.05) is 0 Å². The van der Waals surface area contributed by atoms with Crippen molar-refractivity contribution in [2.75, 3.05) is 0 Å². The van der Waals surface area contributed by atoms with Gasteiger partial charge in [0.2, 0.25) is 5.88 Å². The standard InChI is InChI=1S/C6H4N4OS2/c11-5-4(13-6(12)8-5)1-3-2-7-10-9-3/h1-2,11H,(H,8,12). The summed E-state index contributed by atoms with van der Waals surface area (Å²) in [6, 6.07) is 0. The molecule has 5 nitrogen and oxygen atoms in total. The lowest BCUT2D eigenvalue weighted by atomic mass is 10.4. The van der Waals surface area contributed by atoms with Crippen LogP contribution in [0.4, 0.5) is 0 Å². The summed E-state index contributed by atoms with van der Waals surface area (Å²) in [5.41, 5.74) is 0.598. The molecular weight excluding hydrogens is 208 g/mol. The minimum Gasteiger partial charge on any atom is -0.494 e. The highest BCUT2D eigenvalue weighted by Crippen LogP contribution is 2.24. The highest BCUT2D eigenvalue weighted by Gasteiger charge is 2.04. The van der Waals surface area contributed by atoms with Crippen LogP contribution in [0.5, 0.6) is 5.88 Å². The van der Waals surface area contributed by atoms with Crippen molar-refractivity contribution in [3.8, 4) is 5.88 Å². The van der Waals surface area contributed by atoms with Crippen LogP contribution in [0.3, 0.4) is 0 Å². The Kier molecular flexibility index (Phi) is 2.03. The molecule has 0 amide bonds. The van der Waals surface area contributed by atoms with E-state index in [-0.39, 0.29) is 5.88 Å². The number of aromatic hydroxyl groups is 1. The SMILES string of the molecule is Oc1[nH]c(=S)sc1C=C1C=NN=N1. The average Bonchev–Trinajstić information content (AvgIpc) is 2.63. The zero-order valence-electron chi connectivity index (χ0n) is 6.26. The Hall–Kier alpha value is -1.34. The van der Waals surface area contributed by atoms with Gasteiger partial charge >= 0.3 is 0 Å². The number of nitrogens with one attached hydrogen (secondary N) is 1. The summed E-state index contributed by atoms with van der Waals surface area (Å²) in [5, 5.41) is 20.0. The van der Waals surface area contributed by atoms with E-state index in [0.29, 0.717) is 14.5 Å². The normalized spacial score (nSPS) is 17.4. The quantitative estimate of drug-likeness (QED) is 0.701. The third-order valence-electron chi connectivity index (χ3n) is 1.34. The number of nitrogens with zero attached hydrogens (tertiary/aromatic N) is 3. The zero-order chi connectivity index (χ0) is 9.26. The van der Waals surface area contributed by atoms with Crippen LogP contribution in [0.25, 0.3) is 6.08 Å². The van der Waals surface area contributed by atoms with Gasteiger partial charge in [-0.2, -0.15) is 0 Å². The minimum absolute atomic E-state index is 0.0537. The molecule has 2 heterocycles. The Morgan fingerprint density at radius 2 is 2.46 bits per heavy atom. The smallest absolute Gasteiger partial charge is 0.207 e. The second-order valence-corrected chi connectivity index (χ2v) is 3.95. The molecule has 1 aromatic heterocycles. The predicted molar refractivity (Wildman–Crippen MR) is 52.5 cm³/mol. The highest BCUT2D eigenvalue weighted by atomic mass is 32.1. The van der Waals surface area contributed by atoms with Crippen molar-refractivity contribution in [3.63, 3.8) is 0 Å². The van der Waals surface area contributed by atoms with Crippen molar-refractivity contribution in [3.05, 3.63) is 14.5 Å². The van der Waals surface area contributed by atoms with Crippen molar-refractivity contribution in [2.24, 2.45) is 15.4 Å². The van der Waals surface area contributed by atoms with Crippen LogP contribution < -0.4 is 0 Å². The largest absolute Gasteiger partial charge is 0.494 e. The molecule has 1 aromatic rings. The van der Waals surface area contributed by atoms with E-state index in [9.17, 15) is 5.11 Å². The van der Waals surface area contributed by atoms with Gasteiger partial charge in [-0.3, -0.25) is 0 Å². The first-order chi connectivity index (χ1) is 6.25. The van der Waals surface area contributed by atoms with Crippen molar-refractivity contribution in [1.29, 1.82) is 0 Å². The molecule has 2 N–H and O–H groups in total. The molecule has 0 spiro atoms. The molecule has 13 heavy (non-hydrogen) atoms. The predicted octanol–water partition coefficient (Wildman–Crippen LogP) is 2.30. The van der Waals surface area contributed by atoms with Crippen LogP contribution >= 0.6 is 23.6 Å². The minimum atomic E-state index is 0.0537. The lowest BCUT2D eigenvalue weighted by Crippen LogP contribution is -1.73. The molecule has 2 rings (SSSR count). The summed E-state index contributed by atoms with van der Waals surface area (Å²) in [4.78, 5) is 3.24. The van der Waals surface area contributed by atoms with Gasteiger partial charge in [0.25, 0.3) is 0 Å². The fourth-order valence-corrected chi connectivity index (χ4v) is 1.86. The van der Waals surface area contributed by atoms with Crippen molar-refractivity contribution in [1.82, 2.24) is 4.98 Å². The highest BCUT2D eigenvalue weighted by molar-refractivity contribution is 7.73. The van der Waals surface area contributed by atoms with Crippen LogP contribution in [0.15, 0.2) is 21.1 Å². The lowest BCUT2D eigenvalue weighted by Gasteiger charge is -1.86. The molecule has 0 fully saturated rings. The summed E-state index contributed by atoms with van der Waals surface area (Å²) >= 11 is 6.12. The van der Waals surface area contributed by atoms with E-state index < -0.39 is 0 Å². The Bertz CT molecular complexity index is 453. The summed E-state index contributed by atoms with van der Waals surface area (Å²) in [6.45, 7) is 0. The summed E-state index contributed by atoms with van der Waals surface area (Å²) in [5.74, 6) is 0.0537. The monoisotopic (exact) mass is 212 g/mol. The lowest BCUT2D eigenvalue weighted by molar-refractivity contribution is 0.456. The van der Waals surface area contributed by atoms with Gasteiger partial charge in [-0.15, -0.1) is 21.6 Å². The van der Waals surface area contributed by atoms with Crippen LogP contribution in [-0.2, 0) is 0 Å². The molecule has 66 valence electrons. The molecule has 0 saturated heterocycles. The van der Waals surface area contributed by atoms with E-state index in [1.165, 1.54) is 17.6 Å². The number of H-pyrrole nitrogens is 1. The molecule has 1 aliphatic rings. The first-order valence-electron chi connectivity index (χ1n) is 3.33. The van der Waals surface area contributed by atoms with Gasteiger partial charge in [-0.25, -0.2) is 0 Å². The Morgan fingerprint density at radius 3 is 3.00 bits per heavy atom. The van der Waals surface area contributed by atoms with Crippen LogP contribution in [0.2, 0.25) is 0 Å². The summed E-state index contributed by atoms with van der Waals surface area (Å²) in [7, 11) is 0. The van der Waals surface area contributed by atoms with Gasteiger partial charge in [-0.05, 0) is 23.5 Å². The number of hydrogen-bond acceptors (Lipinski definition) is 6. The van der Waals surface area contributed by atoms with Crippen LogP contribution in [0.1, 0.15) is 4.88 Å². The van der Waals surface area contributed by atoms with E-state index in [2.05, 4.69) is 20.4 Å². The van der Waals surface area contributed by atoms with Crippen molar-refractivity contribution in [2.45, 2.75) is 0 Å². The van der Waals surface area contributed by atoms with E-state index >= 15 is 0 Å². The van der Waals surface area contributed by atoms with E-state index in [4.69, 9.17) is 12.2 Å². The fourth-order valence-electron chi connectivity index (χ4n) is 0.819. The number of rotatable bonds is 1. The van der Waals surface area contributed by atoms with Gasteiger partial charge in [0, 0.05) is 0 Å². The summed E-state index contributed by atoms with van der Waals surface area (Å²) in [6.07, 6.45) is 3.16. The fraction of sp³-hybridized carbons (Fsp3) is 0. The molecule has 0 radical (unpaired) electrons. The number of allylic oxidation sites excluding steroid dienone is 1. The Balaban J connectivity index is 2.42. The molecule has 0 saturated carbocycles. The zero-order valence-corrected chi connectivity index (χ0v) is 7.89. The molecule has 0 atom stereocenters. The first kappa shape index (κ1) is 8.27. The van der Waals surface area contributed by atoms with Gasteiger partial charge < -0.3 is 10.1 Å². The third kappa shape index (κ3) is 1.70. The van der Waals surface area contributed by atoms with Gasteiger partial charge in [0.15, 0.2) is 3.95 Å². The van der Waals surface area contributed by atoms with E-state index in [1.807, 2.05) is 0 Å². The Morgan fingerprint density at radius 1 is 1.62 bits per heavy atom. The van der Waals surface area contributed by atoms with Crippen molar-refractivity contribution < 1.29 is 5.11 Å². The second kappa shape index (κ2) is 3.19. The molecule has 7 heteroatoms. The first-order valence-corrected chi connectivity index (χ1v) is 4.56. The van der Waals surface area contributed by atoms with Crippen LogP contribution in [0, 0.1) is 3.95 Å². The van der Waals surface area contributed by atoms with Gasteiger partial charge in [0.05, 0.1) is 11.1 Å². The molecule has 1 aliphatic heterocycles. The maximum Gasteiger partial charge on any atom is 0.207 e. The summed E-state index contributed by atoms with van der Waals surface area (Å²) < 4.78 is 0.524. The van der Waals surface area contributed by atoms with E-state index in [0.717, 1.165) is 0 Å². The maximum absolute atomic E-state index is 9.32. The molecule has 0 unspecified atom stereocenters. The average molecular weight is 212 g/mol. The van der Waals surface area contributed by atoms with Crippen molar-refractivity contribution >= 4 is 35.8 Å². The second-order valence-electron chi connectivity index (χ2n) is 2.23. The third-order valence-corrected chi connectivity index (χ3v) is 2.51. The molecular formula is C6H4N4OS2. The number of thiazole rings is 1. The molecule has 0 aliphatic carbocycles. The van der Waals surface area contributed by atoms with Crippen LogP contribution in [-0.4, -0.2) is 16.3 Å².